The molecule has 124 valence electrons. The third-order valence-corrected chi connectivity index (χ3v) is 4.72. The van der Waals surface area contributed by atoms with E-state index in [0.717, 1.165) is 30.1 Å². The van der Waals surface area contributed by atoms with E-state index >= 15 is 0 Å². The van der Waals surface area contributed by atoms with Gasteiger partial charge in [0.15, 0.2) is 10.9 Å². The second kappa shape index (κ2) is 8.84. The average molecular weight is 333 g/mol. The Hall–Kier alpha value is -1.66. The molecule has 0 aliphatic carbocycles. The Morgan fingerprint density at radius 1 is 1.35 bits per heavy atom. The first-order valence-corrected chi connectivity index (χ1v) is 8.70. The van der Waals surface area contributed by atoms with Crippen molar-refractivity contribution in [2.24, 2.45) is 0 Å². The van der Waals surface area contributed by atoms with Gasteiger partial charge < -0.3 is 9.30 Å². The van der Waals surface area contributed by atoms with Gasteiger partial charge in [0.05, 0.1) is 5.25 Å². The molecular weight excluding hydrogens is 310 g/mol. The smallest absolute Gasteiger partial charge is 0.191 e. The van der Waals surface area contributed by atoms with Gasteiger partial charge in [-0.1, -0.05) is 43.0 Å². The second-order valence-corrected chi connectivity index (χ2v) is 6.64. The highest BCUT2D eigenvalue weighted by molar-refractivity contribution is 8.00. The zero-order valence-electron chi connectivity index (χ0n) is 13.9. The molecule has 1 aromatic heterocycles. The fraction of sp³-hybridized carbons (Fsp3) is 0.471. The third kappa shape index (κ3) is 4.91. The van der Waals surface area contributed by atoms with Crippen molar-refractivity contribution in [2.45, 2.75) is 43.6 Å². The number of ether oxygens (including phenoxy) is 1. The van der Waals surface area contributed by atoms with E-state index in [1.54, 1.807) is 13.4 Å². The van der Waals surface area contributed by atoms with Crippen molar-refractivity contribution in [3.63, 3.8) is 0 Å². The minimum Gasteiger partial charge on any atom is -0.385 e. The Balaban J connectivity index is 1.99. The van der Waals surface area contributed by atoms with Crippen LogP contribution in [0.5, 0.6) is 0 Å². The summed E-state index contributed by atoms with van der Waals surface area (Å²) >= 11 is 1.45. The predicted octanol–water partition coefficient (Wildman–Crippen LogP) is 3.24. The van der Waals surface area contributed by atoms with Crippen LogP contribution in [-0.2, 0) is 17.7 Å². The van der Waals surface area contributed by atoms with E-state index in [0.29, 0.717) is 6.61 Å². The third-order valence-electron chi connectivity index (χ3n) is 3.63. The number of methoxy groups -OCH3 is 1. The van der Waals surface area contributed by atoms with Crippen molar-refractivity contribution in [1.29, 1.82) is 0 Å². The molecule has 0 spiro atoms. The van der Waals surface area contributed by atoms with Crippen LogP contribution in [0, 0.1) is 0 Å². The Morgan fingerprint density at radius 2 is 2.09 bits per heavy atom. The molecule has 2 aromatic rings. The molecule has 0 fully saturated rings. The minimum atomic E-state index is -0.201. The average Bonchev–Trinajstić information content (AvgIpc) is 3.01. The Bertz CT molecular complexity index is 625. The first kappa shape index (κ1) is 17.7. The molecule has 2 rings (SSSR count). The molecule has 0 N–H and O–H groups in total. The predicted molar refractivity (Wildman–Crippen MR) is 92.0 cm³/mol. The topological polar surface area (TPSA) is 57.0 Å². The van der Waals surface area contributed by atoms with E-state index in [2.05, 4.69) is 17.1 Å². The minimum absolute atomic E-state index is 0.115. The molecule has 1 aromatic carbocycles. The lowest BCUT2D eigenvalue weighted by Gasteiger charge is -2.11. The summed E-state index contributed by atoms with van der Waals surface area (Å²) in [6.07, 6.45) is 3.57. The summed E-state index contributed by atoms with van der Waals surface area (Å²) in [6, 6.07) is 7.83. The maximum atomic E-state index is 12.5. The number of rotatable bonds is 9. The number of Topliss-reactive ketones (excluding diaryl/α,β-unsaturated/α-hetero) is 1. The zero-order chi connectivity index (χ0) is 16.7. The first-order valence-electron chi connectivity index (χ1n) is 7.82. The SMILES string of the molecule is CCc1ccc(C(=O)C(C)Sc2nncn2CCCOC)cc1. The fourth-order valence-electron chi connectivity index (χ4n) is 2.22. The molecule has 0 radical (unpaired) electrons. The normalized spacial score (nSPS) is 12.3. The fourth-order valence-corrected chi connectivity index (χ4v) is 3.15. The van der Waals surface area contributed by atoms with Crippen LogP contribution in [0.25, 0.3) is 0 Å². The van der Waals surface area contributed by atoms with Gasteiger partial charge in [0.1, 0.15) is 6.33 Å². The lowest BCUT2D eigenvalue weighted by Crippen LogP contribution is -2.15. The lowest BCUT2D eigenvalue weighted by molar-refractivity contribution is 0.0994. The molecule has 6 heteroatoms. The highest BCUT2D eigenvalue weighted by atomic mass is 32.2. The van der Waals surface area contributed by atoms with E-state index in [1.807, 2.05) is 35.8 Å². The standard InChI is InChI=1S/C17H23N3O2S/c1-4-14-6-8-15(9-7-14)16(21)13(2)23-17-19-18-12-20(17)10-5-11-22-3/h6-9,12-13H,4-5,10-11H2,1-3H3. The molecule has 1 atom stereocenters. The molecule has 5 nitrogen and oxygen atoms in total. The Kier molecular flexibility index (Phi) is 6.80. The van der Waals surface area contributed by atoms with E-state index in [4.69, 9.17) is 4.74 Å². The Morgan fingerprint density at radius 3 is 2.74 bits per heavy atom. The van der Waals surface area contributed by atoms with Crippen LogP contribution in [0.15, 0.2) is 35.7 Å². The van der Waals surface area contributed by atoms with Gasteiger partial charge >= 0.3 is 0 Å². The number of carbonyl (C=O) groups is 1. The Labute approximate surface area is 141 Å². The molecular formula is C17H23N3O2S. The first-order chi connectivity index (χ1) is 11.2. The zero-order valence-corrected chi connectivity index (χ0v) is 14.7. The number of hydrogen-bond donors (Lipinski definition) is 0. The number of hydrogen-bond acceptors (Lipinski definition) is 5. The summed E-state index contributed by atoms with van der Waals surface area (Å²) in [5.41, 5.74) is 1.98. The molecule has 0 aliphatic heterocycles. The monoisotopic (exact) mass is 333 g/mol. The van der Waals surface area contributed by atoms with Crippen LogP contribution in [0.1, 0.15) is 36.2 Å². The van der Waals surface area contributed by atoms with Crippen LogP contribution >= 0.6 is 11.8 Å². The largest absolute Gasteiger partial charge is 0.385 e. The molecule has 1 heterocycles. The van der Waals surface area contributed by atoms with Gasteiger partial charge in [-0.05, 0) is 25.3 Å². The van der Waals surface area contributed by atoms with Crippen molar-refractivity contribution >= 4 is 17.5 Å². The quantitative estimate of drug-likeness (QED) is 0.400. The van der Waals surface area contributed by atoms with Crippen molar-refractivity contribution in [3.05, 3.63) is 41.7 Å². The summed E-state index contributed by atoms with van der Waals surface area (Å²) in [7, 11) is 1.69. The number of ketones is 1. The number of aryl methyl sites for hydroxylation is 2. The van der Waals surface area contributed by atoms with Crippen LogP contribution in [0.2, 0.25) is 0 Å². The number of aromatic nitrogens is 3. The highest BCUT2D eigenvalue weighted by Gasteiger charge is 2.19. The molecule has 0 saturated heterocycles. The number of carbonyl (C=O) groups excluding carboxylic acids is 1. The number of nitrogens with zero attached hydrogens (tertiary/aromatic N) is 3. The van der Waals surface area contributed by atoms with Gasteiger partial charge in [-0.15, -0.1) is 10.2 Å². The van der Waals surface area contributed by atoms with E-state index in [-0.39, 0.29) is 11.0 Å². The van der Waals surface area contributed by atoms with Gasteiger partial charge in [0.2, 0.25) is 0 Å². The van der Waals surface area contributed by atoms with Crippen molar-refractivity contribution < 1.29 is 9.53 Å². The summed E-state index contributed by atoms with van der Waals surface area (Å²) < 4.78 is 7.03. The van der Waals surface area contributed by atoms with E-state index in [1.165, 1.54) is 17.3 Å². The van der Waals surface area contributed by atoms with Crippen LogP contribution in [-0.4, -0.2) is 39.5 Å². The summed E-state index contributed by atoms with van der Waals surface area (Å²) in [5, 5.41) is 8.64. The van der Waals surface area contributed by atoms with Gasteiger partial charge in [0, 0.05) is 25.8 Å². The van der Waals surface area contributed by atoms with Gasteiger partial charge in [-0.3, -0.25) is 4.79 Å². The second-order valence-electron chi connectivity index (χ2n) is 5.33. The molecule has 23 heavy (non-hydrogen) atoms. The number of benzene rings is 1. The highest BCUT2D eigenvalue weighted by Crippen LogP contribution is 2.24. The van der Waals surface area contributed by atoms with Gasteiger partial charge in [-0.25, -0.2) is 0 Å². The van der Waals surface area contributed by atoms with Crippen molar-refractivity contribution in [1.82, 2.24) is 14.8 Å². The van der Waals surface area contributed by atoms with Crippen molar-refractivity contribution in [3.8, 4) is 0 Å². The number of thioether (sulfide) groups is 1. The van der Waals surface area contributed by atoms with Crippen LogP contribution in [0.4, 0.5) is 0 Å². The van der Waals surface area contributed by atoms with Gasteiger partial charge in [-0.2, -0.15) is 0 Å². The van der Waals surface area contributed by atoms with Crippen LogP contribution < -0.4 is 0 Å². The lowest BCUT2D eigenvalue weighted by atomic mass is 10.1. The molecule has 0 bridgehead atoms. The van der Waals surface area contributed by atoms with Crippen LogP contribution in [0.3, 0.4) is 0 Å². The molecule has 0 aliphatic rings. The molecule has 1 unspecified atom stereocenters. The maximum absolute atomic E-state index is 12.5. The summed E-state index contributed by atoms with van der Waals surface area (Å²) in [5.74, 6) is 0.115. The molecule has 0 saturated carbocycles. The summed E-state index contributed by atoms with van der Waals surface area (Å²) in [6.45, 7) is 5.50. The van der Waals surface area contributed by atoms with Crippen molar-refractivity contribution in [2.75, 3.05) is 13.7 Å². The molecule has 0 amide bonds. The van der Waals surface area contributed by atoms with E-state index < -0.39 is 0 Å². The van der Waals surface area contributed by atoms with E-state index in [9.17, 15) is 4.79 Å². The maximum Gasteiger partial charge on any atom is 0.191 e. The van der Waals surface area contributed by atoms with Gasteiger partial charge in [0.25, 0.3) is 0 Å². The summed E-state index contributed by atoms with van der Waals surface area (Å²) in [4.78, 5) is 12.5.